The summed E-state index contributed by atoms with van der Waals surface area (Å²) in [7, 11) is 0. The van der Waals surface area contributed by atoms with E-state index in [-0.39, 0.29) is 39.7 Å². The van der Waals surface area contributed by atoms with E-state index in [0.29, 0.717) is 0 Å². The van der Waals surface area contributed by atoms with E-state index >= 15 is 0 Å². The molecule has 0 amide bonds. The summed E-state index contributed by atoms with van der Waals surface area (Å²) in [6, 6.07) is 26.2. The zero-order valence-electron chi connectivity index (χ0n) is 23.9. The summed E-state index contributed by atoms with van der Waals surface area (Å²) >= 11 is 0. The minimum Gasteiger partial charge on any atom is -0.508 e. The van der Waals surface area contributed by atoms with Gasteiger partial charge in [-0.3, -0.25) is 0 Å². The van der Waals surface area contributed by atoms with Crippen molar-refractivity contribution in [3.05, 3.63) is 118 Å². The van der Waals surface area contributed by atoms with Crippen LogP contribution < -0.4 is 0 Å². The first kappa shape index (κ1) is 28.1. The second kappa shape index (κ2) is 10.00. The predicted octanol–water partition coefficient (Wildman–Crippen LogP) is 8.24. The van der Waals surface area contributed by atoms with Crippen LogP contribution in [0.15, 0.2) is 84.9 Å². The number of rotatable bonds is 5. The molecule has 0 spiro atoms. The van der Waals surface area contributed by atoms with Crippen LogP contribution >= 0.6 is 0 Å². The fourth-order valence-electron chi connectivity index (χ4n) is 5.61. The van der Waals surface area contributed by atoms with E-state index in [4.69, 9.17) is 0 Å². The van der Waals surface area contributed by atoms with E-state index in [2.05, 4.69) is 60.6 Å². The lowest BCUT2D eigenvalue weighted by Crippen LogP contribution is -2.34. The third kappa shape index (κ3) is 5.47. The molecule has 4 N–H and O–H groups in total. The summed E-state index contributed by atoms with van der Waals surface area (Å²) in [6.07, 6.45) is 0. The number of aromatic hydroxyl groups is 4. The molecule has 0 bridgehead atoms. The molecule has 0 unspecified atom stereocenters. The van der Waals surface area contributed by atoms with Crippen LogP contribution in [0.2, 0.25) is 0 Å². The van der Waals surface area contributed by atoms with Gasteiger partial charge in [0.2, 0.25) is 0 Å². The molecule has 0 radical (unpaired) electrons. The Balaban J connectivity index is 2.13. The van der Waals surface area contributed by atoms with Gasteiger partial charge >= 0.3 is 0 Å². The van der Waals surface area contributed by atoms with Crippen molar-refractivity contribution >= 4 is 0 Å². The summed E-state index contributed by atoms with van der Waals surface area (Å²) in [5.74, 6) is 0.628. The zero-order valence-corrected chi connectivity index (χ0v) is 23.9. The van der Waals surface area contributed by atoms with E-state index in [1.165, 1.54) is 0 Å². The maximum Gasteiger partial charge on any atom is 0.119 e. The molecule has 0 heterocycles. The maximum atomic E-state index is 10.8. The standard InChI is InChI=1S/C35H40O4/c1-33(2,3)28-20-24(12-18-30(28)38)35(7,25-13-19-31(39)29(21-25)34(4,5)6)32(22-8-14-26(36)15-9-22)23-10-16-27(37)17-11-23/h8-21,32,36-39H,1-7H3. The Hall–Kier alpha value is -3.92. The first-order chi connectivity index (χ1) is 18.1. The molecule has 204 valence electrons. The molecule has 0 aliphatic heterocycles. The molecule has 4 aromatic carbocycles. The van der Waals surface area contributed by atoms with Crippen LogP contribution in [0.25, 0.3) is 0 Å². The molecule has 0 saturated heterocycles. The second-order valence-corrected chi connectivity index (χ2v) is 12.8. The predicted molar refractivity (Wildman–Crippen MR) is 158 cm³/mol. The highest BCUT2D eigenvalue weighted by Gasteiger charge is 2.41. The van der Waals surface area contributed by atoms with E-state index in [1.54, 1.807) is 36.4 Å². The van der Waals surface area contributed by atoms with Crippen molar-refractivity contribution in [2.24, 2.45) is 0 Å². The highest BCUT2D eigenvalue weighted by atomic mass is 16.3. The highest BCUT2D eigenvalue weighted by molar-refractivity contribution is 5.55. The Morgan fingerprint density at radius 2 is 0.795 bits per heavy atom. The second-order valence-electron chi connectivity index (χ2n) is 12.8. The Bertz CT molecular complexity index is 1340. The average molecular weight is 525 g/mol. The number of benzene rings is 4. The summed E-state index contributed by atoms with van der Waals surface area (Å²) < 4.78 is 0. The smallest absolute Gasteiger partial charge is 0.119 e. The fraction of sp³-hybridized carbons (Fsp3) is 0.314. The van der Waals surface area contributed by atoms with Crippen LogP contribution in [0.1, 0.15) is 87.8 Å². The van der Waals surface area contributed by atoms with Crippen LogP contribution in [-0.4, -0.2) is 20.4 Å². The van der Waals surface area contributed by atoms with Gasteiger partial charge in [0.05, 0.1) is 0 Å². The van der Waals surface area contributed by atoms with Crippen molar-refractivity contribution in [3.63, 3.8) is 0 Å². The topological polar surface area (TPSA) is 80.9 Å². The zero-order chi connectivity index (χ0) is 28.8. The molecule has 0 aliphatic rings. The third-order valence-corrected chi connectivity index (χ3v) is 7.84. The summed E-state index contributed by atoms with van der Waals surface area (Å²) in [6.45, 7) is 14.7. The van der Waals surface area contributed by atoms with Crippen molar-refractivity contribution in [1.82, 2.24) is 0 Å². The lowest BCUT2D eigenvalue weighted by atomic mass is 9.61. The van der Waals surface area contributed by atoms with Crippen LogP contribution in [0.4, 0.5) is 0 Å². The Morgan fingerprint density at radius 3 is 1.10 bits per heavy atom. The summed E-state index contributed by atoms with van der Waals surface area (Å²) in [5.41, 5.74) is 4.39. The molecular weight excluding hydrogens is 484 g/mol. The molecule has 0 atom stereocenters. The van der Waals surface area contributed by atoms with Crippen molar-refractivity contribution in [3.8, 4) is 23.0 Å². The molecule has 0 fully saturated rings. The third-order valence-electron chi connectivity index (χ3n) is 7.84. The molecule has 4 rings (SSSR count). The first-order valence-electron chi connectivity index (χ1n) is 13.4. The number of hydrogen-bond donors (Lipinski definition) is 4. The molecule has 4 aromatic rings. The lowest BCUT2D eigenvalue weighted by molar-refractivity contribution is 0.438. The van der Waals surface area contributed by atoms with Crippen molar-refractivity contribution < 1.29 is 20.4 Å². The molecule has 0 saturated carbocycles. The molecule has 0 aromatic heterocycles. The number of phenols is 4. The first-order valence-corrected chi connectivity index (χ1v) is 13.4. The van der Waals surface area contributed by atoms with E-state index < -0.39 is 5.41 Å². The van der Waals surface area contributed by atoms with Gasteiger partial charge in [-0.1, -0.05) is 97.0 Å². The highest BCUT2D eigenvalue weighted by Crippen LogP contribution is 2.51. The van der Waals surface area contributed by atoms with E-state index in [1.807, 2.05) is 36.4 Å². The van der Waals surface area contributed by atoms with Gasteiger partial charge in [-0.05, 0) is 80.6 Å². The van der Waals surface area contributed by atoms with Crippen LogP contribution in [-0.2, 0) is 16.2 Å². The van der Waals surface area contributed by atoms with Crippen molar-refractivity contribution in [1.29, 1.82) is 0 Å². The largest absolute Gasteiger partial charge is 0.508 e. The van der Waals surface area contributed by atoms with Crippen molar-refractivity contribution in [2.75, 3.05) is 0 Å². The maximum absolute atomic E-state index is 10.8. The Kier molecular flexibility index (Phi) is 7.20. The lowest BCUT2D eigenvalue weighted by Gasteiger charge is -2.41. The number of phenolic OH excluding ortho intramolecular Hbond substituents is 4. The fourth-order valence-corrected chi connectivity index (χ4v) is 5.61. The van der Waals surface area contributed by atoms with Gasteiger partial charge in [-0.25, -0.2) is 0 Å². The molecule has 4 heteroatoms. The van der Waals surface area contributed by atoms with Crippen LogP contribution in [0, 0.1) is 0 Å². The minimum absolute atomic E-state index is 0.184. The monoisotopic (exact) mass is 524 g/mol. The average Bonchev–Trinajstić information content (AvgIpc) is 2.85. The van der Waals surface area contributed by atoms with E-state index in [9.17, 15) is 20.4 Å². The van der Waals surface area contributed by atoms with Gasteiger partial charge in [-0.2, -0.15) is 0 Å². The summed E-state index contributed by atoms with van der Waals surface area (Å²) in [4.78, 5) is 0. The van der Waals surface area contributed by atoms with Gasteiger partial charge in [-0.15, -0.1) is 0 Å². The molecular formula is C35H40O4. The molecule has 0 aliphatic carbocycles. The SMILES string of the molecule is CC(C)(C)c1cc(C(C)(c2ccc(O)c(C(C)(C)C)c2)C(c2ccc(O)cc2)c2ccc(O)cc2)ccc1O. The summed E-state index contributed by atoms with van der Waals surface area (Å²) in [5, 5.41) is 41.9. The van der Waals surface area contributed by atoms with Gasteiger partial charge in [0.15, 0.2) is 0 Å². The van der Waals surface area contributed by atoms with Gasteiger partial charge < -0.3 is 20.4 Å². The number of hydrogen-bond acceptors (Lipinski definition) is 4. The quantitative estimate of drug-likeness (QED) is 0.212. The minimum atomic E-state index is -0.685. The van der Waals surface area contributed by atoms with Crippen molar-refractivity contribution in [2.45, 2.75) is 70.6 Å². The van der Waals surface area contributed by atoms with Gasteiger partial charge in [0.1, 0.15) is 23.0 Å². The van der Waals surface area contributed by atoms with Gasteiger partial charge in [0.25, 0.3) is 0 Å². The Labute approximate surface area is 232 Å². The Morgan fingerprint density at radius 1 is 0.462 bits per heavy atom. The van der Waals surface area contributed by atoms with E-state index in [0.717, 1.165) is 33.4 Å². The molecule has 4 nitrogen and oxygen atoms in total. The van der Waals surface area contributed by atoms with Gasteiger partial charge in [0, 0.05) is 11.3 Å². The normalized spacial score (nSPS) is 12.6. The van der Waals surface area contributed by atoms with Crippen LogP contribution in [0.5, 0.6) is 23.0 Å². The van der Waals surface area contributed by atoms with Crippen LogP contribution in [0.3, 0.4) is 0 Å². The molecule has 39 heavy (non-hydrogen) atoms.